The van der Waals surface area contributed by atoms with Crippen molar-refractivity contribution in [2.24, 2.45) is 0 Å². The predicted molar refractivity (Wildman–Crippen MR) is 25.5 cm³/mol. The Kier molecular flexibility index (Phi) is 7.37. The molecule has 0 aromatic rings. The normalized spacial score (nSPS) is 9.57. The zero-order chi connectivity index (χ0) is 5.54. The van der Waals surface area contributed by atoms with E-state index in [-0.39, 0.29) is 0 Å². The molecule has 0 N–H and O–H groups in total. The molecule has 48 valence electrons. The molecule has 0 rings (SSSR count). The van der Waals surface area contributed by atoms with Crippen LogP contribution in [-0.4, -0.2) is 6.61 Å². The standard InChI is InChI=1S/C5H11O.Au/c1-2-3-4-5-6;/h2-5H2,1H3;/q-1;+1. The van der Waals surface area contributed by atoms with E-state index in [1.807, 2.05) is 0 Å². The maximum absolute atomic E-state index is 4.79. The molecule has 0 amide bonds. The van der Waals surface area contributed by atoms with E-state index in [1.54, 1.807) is 0 Å². The summed E-state index contributed by atoms with van der Waals surface area (Å²) in [5.41, 5.74) is 0. The van der Waals surface area contributed by atoms with E-state index in [0.717, 1.165) is 6.61 Å². The summed E-state index contributed by atoms with van der Waals surface area (Å²) in [6.07, 6.45) is 3.77. The molecule has 2 heteroatoms. The van der Waals surface area contributed by atoms with Crippen LogP contribution in [-0.2, 0) is 24.7 Å². The van der Waals surface area contributed by atoms with Gasteiger partial charge in [-0.1, -0.05) is 0 Å². The molecule has 1 nitrogen and oxygen atoms in total. The second-order valence-electron chi connectivity index (χ2n) is 1.50. The molecule has 0 aromatic carbocycles. The van der Waals surface area contributed by atoms with Crippen LogP contribution in [0.5, 0.6) is 0 Å². The van der Waals surface area contributed by atoms with Crippen LogP contribution >= 0.6 is 0 Å². The van der Waals surface area contributed by atoms with Crippen LogP contribution in [0.1, 0.15) is 26.2 Å². The molecule has 0 saturated carbocycles. The third-order valence-electron chi connectivity index (χ3n) is 0.809. The van der Waals surface area contributed by atoms with E-state index < -0.39 is 0 Å². The van der Waals surface area contributed by atoms with Crippen LogP contribution in [0.15, 0.2) is 0 Å². The summed E-state index contributed by atoms with van der Waals surface area (Å²) in [6.45, 7) is 3.09. The molecule has 0 radical (unpaired) electrons. The second kappa shape index (κ2) is 6.70. The Bertz CT molecular complexity index is 27.3. The van der Waals surface area contributed by atoms with Gasteiger partial charge < -0.3 is 0 Å². The number of hydrogen-bond acceptors (Lipinski definition) is 1. The summed E-state index contributed by atoms with van der Waals surface area (Å²) in [4.78, 5) is 0. The van der Waals surface area contributed by atoms with Crippen molar-refractivity contribution in [3.05, 3.63) is 0 Å². The van der Waals surface area contributed by atoms with E-state index >= 15 is 0 Å². The van der Waals surface area contributed by atoms with Gasteiger partial charge in [-0.15, -0.1) is 0 Å². The average molecular weight is 284 g/mol. The van der Waals surface area contributed by atoms with E-state index in [0.29, 0.717) is 0 Å². The fourth-order valence-corrected chi connectivity index (χ4v) is 0.708. The molecule has 0 aliphatic carbocycles. The van der Waals surface area contributed by atoms with E-state index in [4.69, 9.17) is 3.24 Å². The minimum atomic E-state index is 0.900. The fraction of sp³-hybridized carbons (Fsp3) is 1.00. The summed E-state index contributed by atoms with van der Waals surface area (Å²) >= 11 is 2.08. The molecule has 0 aliphatic heterocycles. The van der Waals surface area contributed by atoms with Gasteiger partial charge in [-0.05, 0) is 0 Å². The molecule has 0 spiro atoms. The first kappa shape index (κ1) is 7.70. The number of unbranched alkanes of at least 4 members (excludes halogenated alkanes) is 2. The Morgan fingerprint density at radius 1 is 1.43 bits per heavy atom. The van der Waals surface area contributed by atoms with Crippen molar-refractivity contribution in [3.8, 4) is 0 Å². The van der Waals surface area contributed by atoms with Gasteiger partial charge in [0.1, 0.15) is 0 Å². The zero-order valence-corrected chi connectivity index (χ0v) is 6.70. The summed E-state index contributed by atoms with van der Waals surface area (Å²) < 4.78 is 4.79. The molecule has 7 heavy (non-hydrogen) atoms. The van der Waals surface area contributed by atoms with Crippen molar-refractivity contribution in [3.63, 3.8) is 0 Å². The Balaban J connectivity index is 2.45. The first-order valence-electron chi connectivity index (χ1n) is 2.62. The van der Waals surface area contributed by atoms with Gasteiger partial charge in [-0.25, -0.2) is 0 Å². The maximum atomic E-state index is 4.79. The second-order valence-corrected chi connectivity index (χ2v) is 2.12. The van der Waals surface area contributed by atoms with Gasteiger partial charge in [-0.2, -0.15) is 0 Å². The number of hydrogen-bond donors (Lipinski definition) is 0. The quantitative estimate of drug-likeness (QED) is 0.563. The van der Waals surface area contributed by atoms with Crippen LogP contribution in [0.4, 0.5) is 0 Å². The zero-order valence-electron chi connectivity index (χ0n) is 4.54. The van der Waals surface area contributed by atoms with Crippen LogP contribution in [0.3, 0.4) is 0 Å². The Morgan fingerprint density at radius 2 is 2.14 bits per heavy atom. The molecule has 0 saturated heterocycles. The fourth-order valence-electron chi connectivity index (χ4n) is 0.396. The third-order valence-corrected chi connectivity index (χ3v) is 1.25. The van der Waals surface area contributed by atoms with Crippen molar-refractivity contribution in [1.29, 1.82) is 0 Å². The molecule has 0 bridgehead atoms. The van der Waals surface area contributed by atoms with Crippen molar-refractivity contribution >= 4 is 0 Å². The molecule has 0 aromatic heterocycles. The van der Waals surface area contributed by atoms with Gasteiger partial charge in [0.05, 0.1) is 0 Å². The van der Waals surface area contributed by atoms with E-state index in [9.17, 15) is 0 Å². The molecular weight excluding hydrogens is 273 g/mol. The summed E-state index contributed by atoms with van der Waals surface area (Å²) in [7, 11) is 0. The Labute approximate surface area is 57.8 Å². The minimum absolute atomic E-state index is 0.900. The van der Waals surface area contributed by atoms with Gasteiger partial charge in [0.15, 0.2) is 0 Å². The first-order chi connectivity index (χ1) is 3.41. The van der Waals surface area contributed by atoms with Crippen molar-refractivity contribution in [2.45, 2.75) is 26.2 Å². The molecular formula is C5H11AuO. The average Bonchev–Trinajstić information content (AvgIpc) is 1.69. The molecule has 0 heterocycles. The van der Waals surface area contributed by atoms with Gasteiger partial charge in [-0.3, -0.25) is 0 Å². The van der Waals surface area contributed by atoms with Gasteiger partial charge >= 0.3 is 57.5 Å². The van der Waals surface area contributed by atoms with Gasteiger partial charge in [0.25, 0.3) is 0 Å². The molecule has 0 fully saturated rings. The summed E-state index contributed by atoms with van der Waals surface area (Å²) in [6, 6.07) is 0. The number of rotatable bonds is 4. The predicted octanol–water partition coefficient (Wildman–Crippen LogP) is 1.66. The molecule has 0 aliphatic rings. The molecule has 0 atom stereocenters. The Morgan fingerprint density at radius 3 is 2.57 bits per heavy atom. The SMILES string of the molecule is CCCCC[O][Au]. The van der Waals surface area contributed by atoms with Gasteiger partial charge in [0, 0.05) is 0 Å². The van der Waals surface area contributed by atoms with Crippen molar-refractivity contribution < 1.29 is 24.7 Å². The third kappa shape index (κ3) is 6.70. The van der Waals surface area contributed by atoms with Crippen LogP contribution in [0.2, 0.25) is 0 Å². The van der Waals surface area contributed by atoms with Crippen molar-refractivity contribution in [2.75, 3.05) is 6.61 Å². The van der Waals surface area contributed by atoms with E-state index in [2.05, 4.69) is 28.4 Å². The first-order valence-corrected chi connectivity index (χ1v) is 3.50. The van der Waals surface area contributed by atoms with Crippen LogP contribution in [0, 0.1) is 0 Å². The summed E-state index contributed by atoms with van der Waals surface area (Å²) in [5, 5.41) is 0. The van der Waals surface area contributed by atoms with Crippen molar-refractivity contribution in [1.82, 2.24) is 0 Å². The monoisotopic (exact) mass is 284 g/mol. The van der Waals surface area contributed by atoms with Crippen LogP contribution in [0.25, 0.3) is 0 Å². The molecule has 0 unspecified atom stereocenters. The Hall–Kier alpha value is 0.700. The topological polar surface area (TPSA) is 9.23 Å². The summed E-state index contributed by atoms with van der Waals surface area (Å²) in [5.74, 6) is 0. The van der Waals surface area contributed by atoms with Crippen LogP contribution < -0.4 is 0 Å². The van der Waals surface area contributed by atoms with Gasteiger partial charge in [0.2, 0.25) is 0 Å². The van der Waals surface area contributed by atoms with E-state index in [1.165, 1.54) is 19.3 Å².